The van der Waals surface area contributed by atoms with Crippen LogP contribution in [0.25, 0.3) is 0 Å². The van der Waals surface area contributed by atoms with Crippen molar-refractivity contribution in [3.05, 3.63) is 87.9 Å². The monoisotopic (exact) mass is 439 g/mol. The number of hydrogen-bond acceptors (Lipinski definition) is 4. The SMILES string of the molecule is COc1ccc(N=Cc2ccc(OCc3ccc(C(=O)O)cc3)c(Br)c2)cc1. The van der Waals surface area contributed by atoms with Crippen molar-refractivity contribution in [3.63, 3.8) is 0 Å². The van der Waals surface area contributed by atoms with E-state index in [1.165, 1.54) is 0 Å². The lowest BCUT2D eigenvalue weighted by molar-refractivity contribution is 0.0697. The van der Waals surface area contributed by atoms with Crippen molar-refractivity contribution in [1.82, 2.24) is 0 Å². The third-order valence-corrected chi connectivity index (χ3v) is 4.61. The van der Waals surface area contributed by atoms with Gasteiger partial charge in [-0.25, -0.2) is 4.79 Å². The standard InChI is InChI=1S/C22H18BrNO4/c1-27-19-9-7-18(8-10-19)24-13-16-4-11-21(20(23)12-16)28-14-15-2-5-17(6-3-15)22(25)26/h2-13H,14H2,1H3,(H,25,26). The van der Waals surface area contributed by atoms with E-state index in [1.54, 1.807) is 37.6 Å². The van der Waals surface area contributed by atoms with Gasteiger partial charge in [0, 0.05) is 6.21 Å². The predicted molar refractivity (Wildman–Crippen MR) is 112 cm³/mol. The van der Waals surface area contributed by atoms with Gasteiger partial charge < -0.3 is 14.6 Å². The van der Waals surface area contributed by atoms with Gasteiger partial charge in [-0.1, -0.05) is 12.1 Å². The summed E-state index contributed by atoms with van der Waals surface area (Å²) in [7, 11) is 1.63. The van der Waals surface area contributed by atoms with Crippen LogP contribution >= 0.6 is 15.9 Å². The zero-order valence-corrected chi connectivity index (χ0v) is 16.7. The van der Waals surface area contributed by atoms with E-state index in [2.05, 4.69) is 20.9 Å². The smallest absolute Gasteiger partial charge is 0.335 e. The lowest BCUT2D eigenvalue weighted by Crippen LogP contribution is -1.99. The van der Waals surface area contributed by atoms with Crippen LogP contribution < -0.4 is 9.47 Å². The number of methoxy groups -OCH3 is 1. The number of aromatic carboxylic acids is 1. The number of hydrogen-bond donors (Lipinski definition) is 1. The molecular formula is C22H18BrNO4. The summed E-state index contributed by atoms with van der Waals surface area (Å²) in [6.07, 6.45) is 1.78. The summed E-state index contributed by atoms with van der Waals surface area (Å²) in [5.41, 5.74) is 2.91. The highest BCUT2D eigenvalue weighted by molar-refractivity contribution is 9.10. The highest BCUT2D eigenvalue weighted by atomic mass is 79.9. The summed E-state index contributed by atoms with van der Waals surface area (Å²) in [5.74, 6) is 0.548. The first-order chi connectivity index (χ1) is 13.5. The number of aliphatic imine (C=N–C) groups is 1. The fraction of sp³-hybridized carbons (Fsp3) is 0.0909. The molecule has 0 radical (unpaired) electrons. The molecule has 0 saturated heterocycles. The van der Waals surface area contributed by atoms with Crippen molar-refractivity contribution in [2.24, 2.45) is 4.99 Å². The first kappa shape index (κ1) is 19.6. The van der Waals surface area contributed by atoms with E-state index in [4.69, 9.17) is 14.6 Å². The average Bonchev–Trinajstić information content (AvgIpc) is 2.72. The van der Waals surface area contributed by atoms with Gasteiger partial charge in [0.1, 0.15) is 18.1 Å². The molecule has 0 aromatic heterocycles. The van der Waals surface area contributed by atoms with Crippen molar-refractivity contribution in [3.8, 4) is 11.5 Å². The van der Waals surface area contributed by atoms with Gasteiger partial charge in [-0.05, 0) is 81.7 Å². The van der Waals surface area contributed by atoms with Crippen LogP contribution in [0.3, 0.4) is 0 Å². The third kappa shape index (κ3) is 5.20. The fourth-order valence-corrected chi connectivity index (χ4v) is 2.95. The zero-order valence-electron chi connectivity index (χ0n) is 15.1. The average molecular weight is 440 g/mol. The molecule has 3 rings (SSSR count). The molecule has 1 N–H and O–H groups in total. The predicted octanol–water partition coefficient (Wildman–Crippen LogP) is 5.49. The molecule has 0 unspecified atom stereocenters. The van der Waals surface area contributed by atoms with E-state index < -0.39 is 5.97 Å². The summed E-state index contributed by atoms with van der Waals surface area (Å²) < 4.78 is 11.8. The highest BCUT2D eigenvalue weighted by Gasteiger charge is 2.05. The van der Waals surface area contributed by atoms with Crippen molar-refractivity contribution in [1.29, 1.82) is 0 Å². The van der Waals surface area contributed by atoms with E-state index in [-0.39, 0.29) is 5.56 Å². The minimum atomic E-state index is -0.942. The van der Waals surface area contributed by atoms with E-state index in [0.29, 0.717) is 12.4 Å². The number of carbonyl (C=O) groups is 1. The summed E-state index contributed by atoms with van der Waals surface area (Å²) in [6, 6.07) is 19.8. The molecule has 0 aliphatic heterocycles. The Kier molecular flexibility index (Phi) is 6.45. The molecule has 28 heavy (non-hydrogen) atoms. The van der Waals surface area contributed by atoms with Gasteiger partial charge in [0.15, 0.2) is 0 Å². The van der Waals surface area contributed by atoms with Crippen LogP contribution in [-0.2, 0) is 6.61 Å². The van der Waals surface area contributed by atoms with Crippen LogP contribution in [-0.4, -0.2) is 24.4 Å². The van der Waals surface area contributed by atoms with E-state index in [0.717, 1.165) is 27.0 Å². The molecule has 0 aliphatic carbocycles. The van der Waals surface area contributed by atoms with Crippen molar-refractivity contribution >= 4 is 33.8 Å². The number of halogens is 1. The Bertz CT molecular complexity index is 982. The Hall–Kier alpha value is -3.12. The molecule has 0 atom stereocenters. The maximum atomic E-state index is 10.9. The maximum Gasteiger partial charge on any atom is 0.335 e. The van der Waals surface area contributed by atoms with Gasteiger partial charge in [0.25, 0.3) is 0 Å². The minimum absolute atomic E-state index is 0.255. The van der Waals surface area contributed by atoms with Crippen LogP contribution in [0.4, 0.5) is 5.69 Å². The second kappa shape index (κ2) is 9.19. The Morgan fingerprint density at radius 2 is 1.79 bits per heavy atom. The second-order valence-corrected chi connectivity index (χ2v) is 6.79. The van der Waals surface area contributed by atoms with E-state index in [1.807, 2.05) is 42.5 Å². The highest BCUT2D eigenvalue weighted by Crippen LogP contribution is 2.27. The molecule has 0 aliphatic rings. The molecule has 0 saturated carbocycles. The van der Waals surface area contributed by atoms with Crippen LogP contribution in [0.1, 0.15) is 21.5 Å². The summed E-state index contributed by atoms with van der Waals surface area (Å²) in [5, 5.41) is 8.93. The van der Waals surface area contributed by atoms with Crippen molar-refractivity contribution in [2.45, 2.75) is 6.61 Å². The molecule has 6 heteroatoms. The summed E-state index contributed by atoms with van der Waals surface area (Å²) >= 11 is 3.52. The van der Waals surface area contributed by atoms with Gasteiger partial charge in [0.05, 0.1) is 22.8 Å². The summed E-state index contributed by atoms with van der Waals surface area (Å²) in [4.78, 5) is 15.3. The first-order valence-electron chi connectivity index (χ1n) is 8.48. The van der Waals surface area contributed by atoms with Gasteiger partial charge in [-0.3, -0.25) is 4.99 Å². The lowest BCUT2D eigenvalue weighted by Gasteiger charge is -2.09. The fourth-order valence-electron chi connectivity index (χ4n) is 2.44. The van der Waals surface area contributed by atoms with Crippen LogP contribution in [0.2, 0.25) is 0 Å². The Morgan fingerprint density at radius 3 is 2.39 bits per heavy atom. The van der Waals surface area contributed by atoms with Gasteiger partial charge in [0.2, 0.25) is 0 Å². The largest absolute Gasteiger partial charge is 0.497 e. The van der Waals surface area contributed by atoms with E-state index in [9.17, 15) is 4.79 Å². The van der Waals surface area contributed by atoms with Crippen LogP contribution in [0, 0.1) is 0 Å². The molecule has 0 amide bonds. The molecular weight excluding hydrogens is 422 g/mol. The quantitative estimate of drug-likeness (QED) is 0.494. The Labute approximate surface area is 171 Å². The number of ether oxygens (including phenoxy) is 2. The summed E-state index contributed by atoms with van der Waals surface area (Å²) in [6.45, 7) is 0.345. The molecule has 3 aromatic rings. The van der Waals surface area contributed by atoms with Gasteiger partial charge in [-0.15, -0.1) is 0 Å². The molecule has 5 nitrogen and oxygen atoms in total. The molecule has 0 spiro atoms. The van der Waals surface area contributed by atoms with Gasteiger partial charge >= 0.3 is 5.97 Å². The zero-order chi connectivity index (χ0) is 19.9. The number of carboxylic acids is 1. The first-order valence-corrected chi connectivity index (χ1v) is 9.27. The normalized spacial score (nSPS) is 10.8. The van der Waals surface area contributed by atoms with Crippen molar-refractivity contribution < 1.29 is 19.4 Å². The lowest BCUT2D eigenvalue weighted by atomic mass is 10.1. The molecule has 0 fully saturated rings. The number of rotatable bonds is 7. The minimum Gasteiger partial charge on any atom is -0.497 e. The van der Waals surface area contributed by atoms with Crippen LogP contribution in [0.5, 0.6) is 11.5 Å². The topological polar surface area (TPSA) is 68.1 Å². The van der Waals surface area contributed by atoms with Crippen LogP contribution in [0.15, 0.2) is 76.2 Å². The van der Waals surface area contributed by atoms with E-state index >= 15 is 0 Å². The molecule has 0 bridgehead atoms. The third-order valence-electron chi connectivity index (χ3n) is 3.99. The molecule has 142 valence electrons. The number of benzene rings is 3. The molecule has 0 heterocycles. The molecule has 3 aromatic carbocycles. The Morgan fingerprint density at radius 1 is 1.07 bits per heavy atom. The van der Waals surface area contributed by atoms with Gasteiger partial charge in [-0.2, -0.15) is 0 Å². The number of nitrogens with zero attached hydrogens (tertiary/aromatic N) is 1. The van der Waals surface area contributed by atoms with Crippen molar-refractivity contribution in [2.75, 3.05) is 7.11 Å². The Balaban J connectivity index is 1.63. The maximum absolute atomic E-state index is 10.9. The number of carboxylic acid groups (broad SMARTS) is 1. The second-order valence-electron chi connectivity index (χ2n) is 5.94.